The van der Waals surface area contributed by atoms with Gasteiger partial charge in [-0.1, -0.05) is 25.0 Å². The first-order valence-electron chi connectivity index (χ1n) is 9.76. The number of nitrogens with zero attached hydrogens (tertiary/aromatic N) is 2. The van der Waals surface area contributed by atoms with Gasteiger partial charge >= 0.3 is 0 Å². The van der Waals surface area contributed by atoms with Crippen molar-refractivity contribution in [2.45, 2.75) is 45.6 Å². The average molecular weight is 372 g/mol. The number of imide groups is 1. The van der Waals surface area contributed by atoms with Gasteiger partial charge in [0.2, 0.25) is 17.7 Å². The number of amides is 3. The molecule has 1 aromatic rings. The Hall–Kier alpha value is -2.37. The van der Waals surface area contributed by atoms with Gasteiger partial charge in [-0.15, -0.1) is 0 Å². The predicted molar refractivity (Wildman–Crippen MR) is 101 cm³/mol. The molecule has 6 nitrogen and oxygen atoms in total. The number of methoxy groups -OCH3 is 1. The molecule has 1 saturated carbocycles. The molecule has 0 radical (unpaired) electrons. The van der Waals surface area contributed by atoms with E-state index in [1.807, 2.05) is 38.1 Å². The molecule has 0 bridgehead atoms. The van der Waals surface area contributed by atoms with Crippen molar-refractivity contribution < 1.29 is 19.1 Å². The molecule has 146 valence electrons. The molecule has 3 rings (SSSR count). The number of carbonyl (C=O) groups is 3. The highest BCUT2D eigenvalue weighted by Crippen LogP contribution is 2.38. The zero-order valence-corrected chi connectivity index (χ0v) is 16.3. The highest BCUT2D eigenvalue weighted by molar-refractivity contribution is 6.07. The van der Waals surface area contributed by atoms with Crippen molar-refractivity contribution in [2.24, 2.45) is 11.8 Å². The lowest BCUT2D eigenvalue weighted by atomic mass is 9.81. The van der Waals surface area contributed by atoms with Crippen LogP contribution in [0, 0.1) is 11.8 Å². The van der Waals surface area contributed by atoms with Gasteiger partial charge in [-0.2, -0.15) is 0 Å². The standard InChI is InChI=1S/C21H28N2O4/c1-4-22(14(2)15-8-7-9-16(12-15)27-3)19(24)13-23-20(25)17-10-5-6-11-18(17)21(23)26/h7-9,12,14,17-18H,4-6,10-11,13H2,1-3H3. The van der Waals surface area contributed by atoms with E-state index >= 15 is 0 Å². The van der Waals surface area contributed by atoms with Crippen LogP contribution in [0.5, 0.6) is 5.75 Å². The number of carbonyl (C=O) groups excluding carboxylic acids is 3. The molecule has 1 heterocycles. The van der Waals surface area contributed by atoms with E-state index in [0.29, 0.717) is 6.54 Å². The summed E-state index contributed by atoms with van der Waals surface area (Å²) >= 11 is 0. The number of hydrogen-bond acceptors (Lipinski definition) is 4. The largest absolute Gasteiger partial charge is 0.497 e. The Labute approximate surface area is 160 Å². The molecular weight excluding hydrogens is 344 g/mol. The first-order valence-corrected chi connectivity index (χ1v) is 9.76. The Kier molecular flexibility index (Phi) is 5.82. The Morgan fingerprint density at radius 3 is 2.41 bits per heavy atom. The van der Waals surface area contributed by atoms with Crippen molar-refractivity contribution in [3.63, 3.8) is 0 Å². The molecule has 1 aromatic carbocycles. The van der Waals surface area contributed by atoms with Crippen LogP contribution in [-0.4, -0.2) is 47.7 Å². The zero-order chi connectivity index (χ0) is 19.6. The molecule has 2 aliphatic rings. The molecule has 1 aliphatic carbocycles. The van der Waals surface area contributed by atoms with Crippen LogP contribution in [0.1, 0.15) is 51.1 Å². The van der Waals surface area contributed by atoms with Gasteiger partial charge in [0, 0.05) is 6.54 Å². The summed E-state index contributed by atoms with van der Waals surface area (Å²) in [5.41, 5.74) is 0.956. The van der Waals surface area contributed by atoms with Crippen molar-refractivity contribution in [3.05, 3.63) is 29.8 Å². The predicted octanol–water partition coefficient (Wildman–Crippen LogP) is 2.78. The van der Waals surface area contributed by atoms with Gasteiger partial charge in [-0.25, -0.2) is 0 Å². The van der Waals surface area contributed by atoms with E-state index in [2.05, 4.69) is 0 Å². The topological polar surface area (TPSA) is 66.9 Å². The van der Waals surface area contributed by atoms with Crippen LogP contribution >= 0.6 is 0 Å². The first kappa shape index (κ1) is 19.4. The average Bonchev–Trinajstić information content (AvgIpc) is 2.93. The fourth-order valence-electron chi connectivity index (χ4n) is 4.36. The second-order valence-corrected chi connectivity index (χ2v) is 7.39. The summed E-state index contributed by atoms with van der Waals surface area (Å²) in [6.07, 6.45) is 3.49. The van der Waals surface area contributed by atoms with Crippen molar-refractivity contribution in [2.75, 3.05) is 20.2 Å². The van der Waals surface area contributed by atoms with E-state index in [1.54, 1.807) is 12.0 Å². The van der Waals surface area contributed by atoms with Crippen LogP contribution in [0.3, 0.4) is 0 Å². The van der Waals surface area contributed by atoms with E-state index in [1.165, 1.54) is 4.90 Å². The fraction of sp³-hybridized carbons (Fsp3) is 0.571. The molecule has 6 heteroatoms. The van der Waals surface area contributed by atoms with Crippen LogP contribution in [0.2, 0.25) is 0 Å². The summed E-state index contributed by atoms with van der Waals surface area (Å²) < 4.78 is 5.27. The van der Waals surface area contributed by atoms with Gasteiger partial charge in [0.25, 0.3) is 0 Å². The first-order chi connectivity index (χ1) is 13.0. The Morgan fingerprint density at radius 1 is 1.22 bits per heavy atom. The maximum absolute atomic E-state index is 12.9. The SMILES string of the molecule is CCN(C(=O)CN1C(=O)C2CCCCC2C1=O)C(C)c1cccc(OC)c1. The molecule has 1 aliphatic heterocycles. The minimum atomic E-state index is -0.218. The number of rotatable bonds is 6. The Bertz CT molecular complexity index is 709. The number of fused-ring (bicyclic) bond motifs is 1. The summed E-state index contributed by atoms with van der Waals surface area (Å²) in [6, 6.07) is 7.43. The summed E-state index contributed by atoms with van der Waals surface area (Å²) in [5.74, 6) is -0.230. The fourth-order valence-corrected chi connectivity index (χ4v) is 4.36. The smallest absolute Gasteiger partial charge is 0.243 e. The molecule has 0 aromatic heterocycles. The number of likely N-dealkylation sites (N-methyl/N-ethyl adjacent to an activating group) is 1. The number of hydrogen-bond donors (Lipinski definition) is 0. The van der Waals surface area contributed by atoms with Crippen molar-refractivity contribution in [3.8, 4) is 5.75 Å². The minimum Gasteiger partial charge on any atom is -0.497 e. The lowest BCUT2D eigenvalue weighted by Crippen LogP contribution is -2.44. The molecule has 0 N–H and O–H groups in total. The highest BCUT2D eigenvalue weighted by Gasteiger charge is 2.48. The van der Waals surface area contributed by atoms with Gasteiger partial charge < -0.3 is 9.64 Å². The van der Waals surface area contributed by atoms with Crippen molar-refractivity contribution >= 4 is 17.7 Å². The third kappa shape index (κ3) is 3.70. The molecule has 27 heavy (non-hydrogen) atoms. The zero-order valence-electron chi connectivity index (χ0n) is 16.3. The number of likely N-dealkylation sites (tertiary alicyclic amines) is 1. The van der Waals surface area contributed by atoms with Gasteiger partial charge in [-0.05, 0) is 44.4 Å². The van der Waals surface area contributed by atoms with Gasteiger partial charge in [-0.3, -0.25) is 19.3 Å². The van der Waals surface area contributed by atoms with E-state index in [9.17, 15) is 14.4 Å². The molecule has 3 atom stereocenters. The van der Waals surface area contributed by atoms with Gasteiger partial charge in [0.15, 0.2) is 0 Å². The van der Waals surface area contributed by atoms with Crippen LogP contribution in [-0.2, 0) is 14.4 Å². The van der Waals surface area contributed by atoms with Crippen LogP contribution < -0.4 is 4.74 Å². The van der Waals surface area contributed by atoms with Gasteiger partial charge in [0.1, 0.15) is 12.3 Å². The maximum atomic E-state index is 12.9. The van der Waals surface area contributed by atoms with Crippen molar-refractivity contribution in [1.29, 1.82) is 0 Å². The van der Waals surface area contributed by atoms with Crippen LogP contribution in [0.4, 0.5) is 0 Å². The molecular formula is C21H28N2O4. The van der Waals surface area contributed by atoms with Crippen LogP contribution in [0.25, 0.3) is 0 Å². The van der Waals surface area contributed by atoms with E-state index in [0.717, 1.165) is 37.0 Å². The second kappa shape index (κ2) is 8.11. The lowest BCUT2D eigenvalue weighted by molar-refractivity contribution is -0.147. The summed E-state index contributed by atoms with van der Waals surface area (Å²) in [5, 5.41) is 0. The van der Waals surface area contributed by atoms with E-state index < -0.39 is 0 Å². The lowest BCUT2D eigenvalue weighted by Gasteiger charge is -2.30. The molecule has 1 saturated heterocycles. The molecule has 0 spiro atoms. The highest BCUT2D eigenvalue weighted by atomic mass is 16.5. The van der Waals surface area contributed by atoms with Gasteiger partial charge in [0.05, 0.1) is 25.0 Å². The van der Waals surface area contributed by atoms with Crippen LogP contribution in [0.15, 0.2) is 24.3 Å². The number of ether oxygens (including phenoxy) is 1. The minimum absolute atomic E-state index is 0.160. The maximum Gasteiger partial charge on any atom is 0.243 e. The number of benzene rings is 1. The molecule has 3 amide bonds. The summed E-state index contributed by atoms with van der Waals surface area (Å²) in [6.45, 7) is 4.19. The van der Waals surface area contributed by atoms with E-state index in [4.69, 9.17) is 4.74 Å². The quantitative estimate of drug-likeness (QED) is 0.720. The summed E-state index contributed by atoms with van der Waals surface area (Å²) in [4.78, 5) is 41.1. The Morgan fingerprint density at radius 2 is 1.85 bits per heavy atom. The summed E-state index contributed by atoms with van der Waals surface area (Å²) in [7, 11) is 1.61. The third-order valence-electron chi connectivity index (χ3n) is 5.93. The monoisotopic (exact) mass is 372 g/mol. The third-order valence-corrected chi connectivity index (χ3v) is 5.93. The van der Waals surface area contributed by atoms with Crippen molar-refractivity contribution in [1.82, 2.24) is 9.80 Å². The van der Waals surface area contributed by atoms with E-state index in [-0.39, 0.29) is 42.1 Å². The molecule has 2 fully saturated rings. The second-order valence-electron chi connectivity index (χ2n) is 7.39. The normalized spacial score (nSPS) is 23.1. The Balaban J connectivity index is 1.73. The molecule has 3 unspecified atom stereocenters.